The first kappa shape index (κ1) is 12.1. The van der Waals surface area contributed by atoms with E-state index in [9.17, 15) is 4.79 Å². The molecule has 1 aromatic carbocycles. The maximum atomic E-state index is 11.8. The second-order valence-corrected chi connectivity index (χ2v) is 5.31. The Kier molecular flexibility index (Phi) is 4.10. The van der Waals surface area contributed by atoms with E-state index in [1.807, 2.05) is 17.5 Å². The van der Waals surface area contributed by atoms with E-state index in [1.54, 1.807) is 11.3 Å². The number of carbonyl (C=O) groups excluding carboxylic acids is 1. The van der Waals surface area contributed by atoms with E-state index >= 15 is 0 Å². The Balaban J connectivity index is 1.82. The van der Waals surface area contributed by atoms with Crippen LogP contribution in [0.3, 0.4) is 0 Å². The van der Waals surface area contributed by atoms with Crippen molar-refractivity contribution in [2.24, 2.45) is 0 Å². The van der Waals surface area contributed by atoms with E-state index in [4.69, 9.17) is 0 Å². The van der Waals surface area contributed by atoms with Gasteiger partial charge in [0.05, 0.1) is 0 Å². The molecule has 0 saturated carbocycles. The number of hydrogen-bond acceptors (Lipinski definition) is 2. The summed E-state index contributed by atoms with van der Waals surface area (Å²) in [5, 5.41) is 2.02. The monoisotopic (exact) mass is 244 g/mol. The first-order valence-electron chi connectivity index (χ1n) is 5.83. The Hall–Kier alpha value is -1.41. The first-order valence-corrected chi connectivity index (χ1v) is 6.71. The van der Waals surface area contributed by atoms with Crippen molar-refractivity contribution in [3.05, 3.63) is 57.8 Å². The van der Waals surface area contributed by atoms with E-state index in [1.165, 1.54) is 16.0 Å². The van der Waals surface area contributed by atoms with E-state index < -0.39 is 0 Å². The molecule has 0 aliphatic rings. The maximum absolute atomic E-state index is 11.8. The van der Waals surface area contributed by atoms with Gasteiger partial charge in [-0.25, -0.2) is 0 Å². The minimum Gasteiger partial charge on any atom is -0.299 e. The number of ketones is 1. The van der Waals surface area contributed by atoms with Gasteiger partial charge in [0.25, 0.3) is 0 Å². The summed E-state index contributed by atoms with van der Waals surface area (Å²) in [6.07, 6.45) is 2.08. The Labute approximate surface area is 106 Å². The van der Waals surface area contributed by atoms with Gasteiger partial charge in [0.15, 0.2) is 0 Å². The largest absolute Gasteiger partial charge is 0.299 e. The smallest absolute Gasteiger partial charge is 0.138 e. The maximum Gasteiger partial charge on any atom is 0.138 e. The van der Waals surface area contributed by atoms with Gasteiger partial charge in [0.1, 0.15) is 5.78 Å². The molecule has 0 fully saturated rings. The van der Waals surface area contributed by atoms with E-state index in [2.05, 4.69) is 31.2 Å². The van der Waals surface area contributed by atoms with E-state index in [-0.39, 0.29) is 0 Å². The van der Waals surface area contributed by atoms with Crippen LogP contribution in [0.2, 0.25) is 0 Å². The fraction of sp³-hybridized carbons (Fsp3) is 0.267. The predicted octanol–water partition coefficient (Wildman–Crippen LogP) is 3.80. The lowest BCUT2D eigenvalue weighted by atomic mass is 10.0. The molecular formula is C15H16OS. The number of thiophene rings is 1. The van der Waals surface area contributed by atoms with Gasteiger partial charge in [-0.1, -0.05) is 35.9 Å². The molecule has 0 N–H and O–H groups in total. The molecule has 1 heterocycles. The zero-order valence-electron chi connectivity index (χ0n) is 9.98. The van der Waals surface area contributed by atoms with Crippen LogP contribution in [0, 0.1) is 6.92 Å². The molecule has 0 radical (unpaired) electrons. The minimum atomic E-state index is 0.327. The molecule has 2 aromatic rings. The van der Waals surface area contributed by atoms with Crippen LogP contribution in [0.15, 0.2) is 41.8 Å². The average Bonchev–Trinajstić information content (AvgIpc) is 2.81. The molecule has 0 amide bonds. The van der Waals surface area contributed by atoms with Crippen LogP contribution in [-0.2, 0) is 17.6 Å². The van der Waals surface area contributed by atoms with Crippen molar-refractivity contribution in [3.8, 4) is 0 Å². The van der Waals surface area contributed by atoms with Crippen LogP contribution in [0.4, 0.5) is 0 Å². The normalized spacial score (nSPS) is 10.4. The fourth-order valence-corrected chi connectivity index (χ4v) is 2.47. The predicted molar refractivity (Wildman–Crippen MR) is 72.5 cm³/mol. The van der Waals surface area contributed by atoms with Gasteiger partial charge in [-0.2, -0.15) is 0 Å². The topological polar surface area (TPSA) is 17.1 Å². The SMILES string of the molecule is Cc1ccc(CCC(=O)Cc2cccs2)cc1. The lowest BCUT2D eigenvalue weighted by molar-refractivity contribution is -0.118. The van der Waals surface area contributed by atoms with Crippen LogP contribution >= 0.6 is 11.3 Å². The molecule has 0 spiro atoms. The minimum absolute atomic E-state index is 0.327. The molecule has 0 saturated heterocycles. The van der Waals surface area contributed by atoms with Gasteiger partial charge in [0.2, 0.25) is 0 Å². The second-order valence-electron chi connectivity index (χ2n) is 4.28. The average molecular weight is 244 g/mol. The highest BCUT2D eigenvalue weighted by molar-refractivity contribution is 7.10. The van der Waals surface area contributed by atoms with Gasteiger partial charge in [-0.05, 0) is 30.4 Å². The molecule has 88 valence electrons. The van der Waals surface area contributed by atoms with E-state index in [0.29, 0.717) is 18.6 Å². The van der Waals surface area contributed by atoms with Gasteiger partial charge >= 0.3 is 0 Å². The molecule has 0 aliphatic heterocycles. The molecule has 1 aromatic heterocycles. The van der Waals surface area contributed by atoms with Crippen LogP contribution in [0.25, 0.3) is 0 Å². The molecule has 0 unspecified atom stereocenters. The Bertz CT molecular complexity index is 468. The van der Waals surface area contributed by atoms with Crippen LogP contribution in [0.1, 0.15) is 22.4 Å². The molecule has 2 rings (SSSR count). The summed E-state index contributed by atoms with van der Waals surface area (Å²) in [5.41, 5.74) is 2.51. The van der Waals surface area contributed by atoms with Crippen molar-refractivity contribution in [3.63, 3.8) is 0 Å². The standard InChI is InChI=1S/C15H16OS/c1-12-4-6-13(7-5-12)8-9-14(16)11-15-3-2-10-17-15/h2-7,10H,8-9,11H2,1H3. The molecule has 17 heavy (non-hydrogen) atoms. The lowest BCUT2D eigenvalue weighted by Gasteiger charge is -2.01. The number of carbonyl (C=O) groups is 1. The number of benzene rings is 1. The summed E-state index contributed by atoms with van der Waals surface area (Å²) in [7, 11) is 0. The van der Waals surface area contributed by atoms with Crippen molar-refractivity contribution in [1.82, 2.24) is 0 Å². The summed E-state index contributed by atoms with van der Waals surface area (Å²) in [6.45, 7) is 2.08. The fourth-order valence-electron chi connectivity index (χ4n) is 1.73. The zero-order chi connectivity index (χ0) is 12.1. The third kappa shape index (κ3) is 3.82. The Morgan fingerprint density at radius 2 is 1.94 bits per heavy atom. The van der Waals surface area contributed by atoms with Gasteiger partial charge < -0.3 is 0 Å². The summed E-state index contributed by atoms with van der Waals surface area (Å²) in [4.78, 5) is 12.9. The molecule has 0 bridgehead atoms. The van der Waals surface area contributed by atoms with E-state index in [0.717, 1.165) is 6.42 Å². The second kappa shape index (κ2) is 5.78. The molecule has 0 atom stereocenters. The Morgan fingerprint density at radius 1 is 1.18 bits per heavy atom. The number of Topliss-reactive ketones (excluding diaryl/α,β-unsaturated/α-hetero) is 1. The van der Waals surface area contributed by atoms with Gasteiger partial charge in [-0.3, -0.25) is 4.79 Å². The van der Waals surface area contributed by atoms with Crippen molar-refractivity contribution < 1.29 is 4.79 Å². The van der Waals surface area contributed by atoms with Crippen LogP contribution < -0.4 is 0 Å². The first-order chi connectivity index (χ1) is 8.24. The van der Waals surface area contributed by atoms with Gasteiger partial charge in [0, 0.05) is 17.7 Å². The number of aryl methyl sites for hydroxylation is 2. The highest BCUT2D eigenvalue weighted by atomic mass is 32.1. The van der Waals surface area contributed by atoms with Crippen molar-refractivity contribution in [2.75, 3.05) is 0 Å². The molecule has 1 nitrogen and oxygen atoms in total. The highest BCUT2D eigenvalue weighted by Gasteiger charge is 2.04. The summed E-state index contributed by atoms with van der Waals surface area (Å²) in [5.74, 6) is 0.327. The molecule has 2 heteroatoms. The van der Waals surface area contributed by atoms with Crippen molar-refractivity contribution in [1.29, 1.82) is 0 Å². The van der Waals surface area contributed by atoms with Crippen molar-refractivity contribution in [2.45, 2.75) is 26.2 Å². The van der Waals surface area contributed by atoms with Crippen LogP contribution in [0.5, 0.6) is 0 Å². The summed E-state index contributed by atoms with van der Waals surface area (Å²) in [6, 6.07) is 12.4. The number of rotatable bonds is 5. The Morgan fingerprint density at radius 3 is 2.59 bits per heavy atom. The van der Waals surface area contributed by atoms with Crippen molar-refractivity contribution >= 4 is 17.1 Å². The zero-order valence-corrected chi connectivity index (χ0v) is 10.8. The molecule has 0 aliphatic carbocycles. The quantitative estimate of drug-likeness (QED) is 0.782. The number of hydrogen-bond donors (Lipinski definition) is 0. The third-order valence-electron chi connectivity index (χ3n) is 2.76. The highest BCUT2D eigenvalue weighted by Crippen LogP contribution is 2.12. The van der Waals surface area contributed by atoms with Gasteiger partial charge in [-0.15, -0.1) is 11.3 Å². The lowest BCUT2D eigenvalue weighted by Crippen LogP contribution is -2.03. The summed E-state index contributed by atoms with van der Waals surface area (Å²) < 4.78 is 0. The summed E-state index contributed by atoms with van der Waals surface area (Å²) >= 11 is 1.65. The molecular weight excluding hydrogens is 228 g/mol. The third-order valence-corrected chi connectivity index (χ3v) is 3.64. The van der Waals surface area contributed by atoms with Crippen LogP contribution in [-0.4, -0.2) is 5.78 Å².